The number of halogens is 1. The van der Waals surface area contributed by atoms with Crippen molar-refractivity contribution in [2.24, 2.45) is 0 Å². The van der Waals surface area contributed by atoms with Gasteiger partial charge in [0.25, 0.3) is 0 Å². The van der Waals surface area contributed by atoms with E-state index < -0.39 is 16.9 Å². The van der Waals surface area contributed by atoms with Crippen LogP contribution in [0.3, 0.4) is 0 Å². The molecule has 0 saturated carbocycles. The summed E-state index contributed by atoms with van der Waals surface area (Å²) in [6.07, 6.45) is 0.925. The molecule has 0 heterocycles. The predicted octanol–water partition coefficient (Wildman–Crippen LogP) is -0.744. The first-order valence-corrected chi connectivity index (χ1v) is 5.96. The molecule has 0 aromatic rings. The molecule has 10 heavy (non-hydrogen) atoms. The lowest BCUT2D eigenvalue weighted by atomic mass is 12.0. The number of rotatable bonds is 0. The minimum atomic E-state index is -4.64. The molecule has 0 aromatic heterocycles. The van der Waals surface area contributed by atoms with E-state index >= 15 is 0 Å². The molecule has 0 rings (SSSR count). The lowest BCUT2D eigenvalue weighted by Gasteiger charge is -1.82. The minimum Gasteiger partial charge on any atom is -0.303 e. The van der Waals surface area contributed by atoms with Gasteiger partial charge in [-0.3, -0.25) is 0 Å². The van der Waals surface area contributed by atoms with Crippen molar-refractivity contribution < 1.29 is 27.7 Å². The van der Waals surface area contributed by atoms with Crippen LogP contribution in [0.25, 0.3) is 0 Å². The van der Waals surface area contributed by atoms with Gasteiger partial charge in [0.05, 0.1) is 6.26 Å². The Kier molecular flexibility index (Phi) is 5.55. The van der Waals surface area contributed by atoms with Gasteiger partial charge in [0, 0.05) is 10.7 Å². The van der Waals surface area contributed by atoms with E-state index in [2.05, 4.69) is 10.7 Å². The van der Waals surface area contributed by atoms with E-state index in [1.54, 1.807) is 0 Å². The zero-order chi connectivity index (χ0) is 9.00. The average molecular weight is 213 g/mol. The third kappa shape index (κ3) is 3680. The minimum absolute atomic E-state index is 0.925. The second-order valence-electron chi connectivity index (χ2n) is 1.19. The second kappa shape index (κ2) is 4.27. The highest BCUT2D eigenvalue weighted by atomic mass is 35.7. The Labute approximate surface area is 62.1 Å². The molecule has 0 amide bonds. The van der Waals surface area contributed by atoms with E-state index in [9.17, 15) is 8.42 Å². The number of phosphoric acid groups is 1. The van der Waals surface area contributed by atoms with Gasteiger partial charge in [0.2, 0.25) is 9.05 Å². The van der Waals surface area contributed by atoms with Gasteiger partial charge in [-0.15, -0.1) is 0 Å². The molecule has 3 N–H and O–H groups in total. The zero-order valence-electron chi connectivity index (χ0n) is 4.80. The van der Waals surface area contributed by atoms with Crippen LogP contribution in [0.1, 0.15) is 0 Å². The van der Waals surface area contributed by atoms with E-state index in [4.69, 9.17) is 19.2 Å². The third-order valence-electron chi connectivity index (χ3n) is 0. The standard InChI is InChI=1S/CH3ClO2S.H3O4P/c2*1-5(2,3)4/h1H3;(H3,1,2,3,4). The molecule has 0 bridgehead atoms. The number of hydrogen-bond donors (Lipinski definition) is 3. The van der Waals surface area contributed by atoms with Gasteiger partial charge in [0.15, 0.2) is 0 Å². The van der Waals surface area contributed by atoms with Crippen molar-refractivity contribution in [1.29, 1.82) is 0 Å². The van der Waals surface area contributed by atoms with Gasteiger partial charge in [-0.2, -0.15) is 0 Å². The first-order chi connectivity index (χ1) is 4.00. The van der Waals surface area contributed by atoms with E-state index in [0.717, 1.165) is 6.26 Å². The van der Waals surface area contributed by atoms with Crippen LogP contribution in [0.5, 0.6) is 0 Å². The summed E-state index contributed by atoms with van der Waals surface area (Å²) in [5, 5.41) is 0. The SMILES string of the molecule is CS(=O)(=O)Cl.O=P(O)(O)O. The molecule has 0 spiro atoms. The third-order valence-corrected chi connectivity index (χ3v) is 0. The Morgan fingerprint density at radius 2 is 1.30 bits per heavy atom. The Morgan fingerprint density at radius 3 is 1.30 bits per heavy atom. The van der Waals surface area contributed by atoms with Crippen LogP contribution >= 0.6 is 18.5 Å². The molecule has 9 heteroatoms. The van der Waals surface area contributed by atoms with Crippen LogP contribution in [0.15, 0.2) is 0 Å². The van der Waals surface area contributed by atoms with Crippen LogP contribution in [0, 0.1) is 0 Å². The maximum Gasteiger partial charge on any atom is 0.466 e. The van der Waals surface area contributed by atoms with E-state index in [1.165, 1.54) is 0 Å². The summed E-state index contributed by atoms with van der Waals surface area (Å²) in [6, 6.07) is 0. The van der Waals surface area contributed by atoms with Crippen molar-refractivity contribution >= 4 is 27.6 Å². The topological polar surface area (TPSA) is 112 Å². The molecule has 64 valence electrons. The molecule has 0 aliphatic carbocycles. The highest BCUT2D eigenvalue weighted by molar-refractivity contribution is 8.13. The quantitative estimate of drug-likeness (QED) is 0.360. The summed E-state index contributed by atoms with van der Waals surface area (Å²) in [5.41, 5.74) is 0. The van der Waals surface area contributed by atoms with E-state index in [0.29, 0.717) is 0 Å². The molecule has 6 nitrogen and oxygen atoms in total. The first-order valence-electron chi connectivity index (χ1n) is 1.68. The van der Waals surface area contributed by atoms with Gasteiger partial charge >= 0.3 is 7.82 Å². The summed E-state index contributed by atoms with van der Waals surface area (Å²) < 4.78 is 27.7. The molecular weight excluding hydrogens is 206 g/mol. The molecule has 0 aromatic carbocycles. The van der Waals surface area contributed by atoms with Crippen LogP contribution < -0.4 is 0 Å². The average Bonchev–Trinajstić information content (AvgIpc) is 1.12. The van der Waals surface area contributed by atoms with Crippen LogP contribution in [-0.4, -0.2) is 29.4 Å². The van der Waals surface area contributed by atoms with Crippen molar-refractivity contribution in [2.45, 2.75) is 0 Å². The van der Waals surface area contributed by atoms with Crippen LogP contribution in [0.4, 0.5) is 0 Å². The van der Waals surface area contributed by atoms with Crippen LogP contribution in [-0.2, 0) is 13.6 Å². The fourth-order valence-corrected chi connectivity index (χ4v) is 0. The second-order valence-corrected chi connectivity index (χ2v) is 5.27. The van der Waals surface area contributed by atoms with Crippen molar-refractivity contribution in [1.82, 2.24) is 0 Å². The molecule has 0 atom stereocenters. The van der Waals surface area contributed by atoms with Gasteiger partial charge in [0.1, 0.15) is 0 Å². The number of hydrogen-bond acceptors (Lipinski definition) is 3. The van der Waals surface area contributed by atoms with E-state index in [1.807, 2.05) is 0 Å². The Morgan fingerprint density at radius 1 is 1.30 bits per heavy atom. The lowest BCUT2D eigenvalue weighted by molar-refractivity contribution is 0.275. The largest absolute Gasteiger partial charge is 0.466 e. The molecule has 0 saturated heterocycles. The summed E-state index contributed by atoms with van der Waals surface area (Å²) in [5.74, 6) is 0. The molecule has 0 radical (unpaired) electrons. The maximum atomic E-state index is 9.40. The summed E-state index contributed by atoms with van der Waals surface area (Å²) in [4.78, 5) is 21.6. The lowest BCUT2D eigenvalue weighted by Crippen LogP contribution is -1.76. The molecule has 0 aliphatic heterocycles. The smallest absolute Gasteiger partial charge is 0.303 e. The molecule has 0 fully saturated rings. The Bertz CT molecular complexity index is 196. The fraction of sp³-hybridized carbons (Fsp3) is 1.00. The van der Waals surface area contributed by atoms with Crippen molar-refractivity contribution in [3.05, 3.63) is 0 Å². The van der Waals surface area contributed by atoms with Gasteiger partial charge < -0.3 is 14.7 Å². The monoisotopic (exact) mass is 212 g/mol. The van der Waals surface area contributed by atoms with Crippen molar-refractivity contribution in [3.8, 4) is 0 Å². The summed E-state index contributed by atoms with van der Waals surface area (Å²) in [6.45, 7) is 0. The Balaban J connectivity index is 0. The van der Waals surface area contributed by atoms with Gasteiger partial charge in [-0.05, 0) is 0 Å². The maximum absolute atomic E-state index is 9.40. The van der Waals surface area contributed by atoms with Crippen molar-refractivity contribution in [3.63, 3.8) is 0 Å². The highest BCUT2D eigenvalue weighted by Gasteiger charge is 2.00. The van der Waals surface area contributed by atoms with Gasteiger partial charge in [-0.25, -0.2) is 13.0 Å². The zero-order valence-corrected chi connectivity index (χ0v) is 7.27. The van der Waals surface area contributed by atoms with Gasteiger partial charge in [-0.1, -0.05) is 0 Å². The molecule has 0 unspecified atom stereocenters. The molecular formula is CH6ClO6PS. The molecule has 0 aliphatic rings. The fourth-order valence-electron chi connectivity index (χ4n) is 0. The normalized spacial score (nSPS) is 11.7. The highest BCUT2D eigenvalue weighted by Crippen LogP contribution is 2.25. The summed E-state index contributed by atoms with van der Waals surface area (Å²) in [7, 11) is -3.33. The van der Waals surface area contributed by atoms with Crippen molar-refractivity contribution in [2.75, 3.05) is 6.26 Å². The van der Waals surface area contributed by atoms with Crippen LogP contribution in [0.2, 0.25) is 0 Å². The Hall–Kier alpha value is 0.350. The summed E-state index contributed by atoms with van der Waals surface area (Å²) >= 11 is 0. The predicted molar refractivity (Wildman–Crippen MR) is 35.0 cm³/mol. The van der Waals surface area contributed by atoms with E-state index in [-0.39, 0.29) is 0 Å². The first kappa shape index (κ1) is 13.0.